The first-order chi connectivity index (χ1) is 19.4. The van der Waals surface area contributed by atoms with Crippen LogP contribution in [-0.4, -0.2) is 50.7 Å². The van der Waals surface area contributed by atoms with Gasteiger partial charge in [-0.1, -0.05) is 61.3 Å². The standard InChI is InChI=1S/C31H36Cl2N4O3S/c1-17(2)25-26(28(38)36(18(3)4)24-14-19(15-24)16-34-30(39)40)41-29-35-31(5,21-8-12-23(33)13-9-21)27(37(25)29)20-6-10-22(32)11-7-20/h6-13,17-19,24,27,34H,14-16H2,1-5H3,(H,39,40)/t19-,24-,27-,31+/m1/s1. The Morgan fingerprint density at radius 3 is 2.20 bits per heavy atom. The number of nitrogens with one attached hydrogen (secondary N) is 1. The van der Waals surface area contributed by atoms with Crippen molar-refractivity contribution in [2.75, 3.05) is 6.54 Å². The van der Waals surface area contributed by atoms with Crippen LogP contribution in [0.15, 0.2) is 64.1 Å². The van der Waals surface area contributed by atoms with Gasteiger partial charge in [0.25, 0.3) is 5.91 Å². The molecular formula is C31H36Cl2N4O3S. The minimum atomic E-state index is -1.01. The maximum Gasteiger partial charge on any atom is 0.404 e. The minimum absolute atomic E-state index is 0.00571. The second-order valence-electron chi connectivity index (χ2n) is 11.8. The van der Waals surface area contributed by atoms with Crippen molar-refractivity contribution >= 4 is 52.1 Å². The average molecular weight is 616 g/mol. The van der Waals surface area contributed by atoms with Gasteiger partial charge in [-0.25, -0.2) is 9.79 Å². The van der Waals surface area contributed by atoms with Crippen molar-refractivity contribution in [2.45, 2.75) is 71.1 Å². The number of benzene rings is 2. The number of rotatable bonds is 8. The van der Waals surface area contributed by atoms with Gasteiger partial charge in [-0.15, -0.1) is 0 Å². The Kier molecular flexibility index (Phi) is 8.39. The molecular weight excluding hydrogens is 579 g/mol. The molecule has 0 unspecified atom stereocenters. The lowest BCUT2D eigenvalue weighted by Crippen LogP contribution is -2.53. The van der Waals surface area contributed by atoms with Crippen molar-refractivity contribution in [1.82, 2.24) is 15.1 Å². The summed E-state index contributed by atoms with van der Waals surface area (Å²) in [7, 11) is 0. The van der Waals surface area contributed by atoms with Crippen molar-refractivity contribution in [3.63, 3.8) is 0 Å². The van der Waals surface area contributed by atoms with Gasteiger partial charge in [-0.3, -0.25) is 4.79 Å². The number of carbonyl (C=O) groups is 2. The van der Waals surface area contributed by atoms with E-state index in [2.05, 4.69) is 31.0 Å². The number of nitrogens with zero attached hydrogens (tertiary/aromatic N) is 3. The fourth-order valence-corrected chi connectivity index (χ4v) is 7.93. The van der Waals surface area contributed by atoms with Gasteiger partial charge in [0.1, 0.15) is 10.4 Å². The third-order valence-corrected chi connectivity index (χ3v) is 9.87. The number of hydrogen-bond donors (Lipinski definition) is 2. The quantitative estimate of drug-likeness (QED) is 0.321. The largest absolute Gasteiger partial charge is 0.465 e. The summed E-state index contributed by atoms with van der Waals surface area (Å²) in [6.07, 6.45) is 0.555. The van der Waals surface area contributed by atoms with Crippen LogP contribution in [0.4, 0.5) is 4.79 Å². The average Bonchev–Trinajstić information content (AvgIpc) is 3.38. The molecule has 2 aromatic rings. The van der Waals surface area contributed by atoms with Gasteiger partial charge >= 0.3 is 6.09 Å². The topological polar surface area (TPSA) is 85.2 Å². The van der Waals surface area contributed by atoms with Crippen LogP contribution in [0, 0.1) is 11.8 Å². The normalized spacial score (nSPS) is 25.3. The highest BCUT2D eigenvalue weighted by Crippen LogP contribution is 2.56. The number of thioether (sulfide) groups is 1. The molecule has 218 valence electrons. The summed E-state index contributed by atoms with van der Waals surface area (Å²) >= 11 is 14.0. The summed E-state index contributed by atoms with van der Waals surface area (Å²) in [6, 6.07) is 15.6. The number of halogens is 2. The van der Waals surface area contributed by atoms with E-state index in [0.29, 0.717) is 16.6 Å². The molecule has 0 saturated heterocycles. The lowest BCUT2D eigenvalue weighted by Gasteiger charge is -2.45. The summed E-state index contributed by atoms with van der Waals surface area (Å²) in [5.41, 5.74) is 2.46. The van der Waals surface area contributed by atoms with Crippen molar-refractivity contribution < 1.29 is 14.7 Å². The third-order valence-electron chi connectivity index (χ3n) is 8.30. The summed E-state index contributed by atoms with van der Waals surface area (Å²) in [5.74, 6) is 0.324. The van der Waals surface area contributed by atoms with Crippen molar-refractivity contribution in [2.24, 2.45) is 16.8 Å². The molecule has 1 aliphatic carbocycles. The van der Waals surface area contributed by atoms with Gasteiger partial charge in [0, 0.05) is 34.4 Å². The van der Waals surface area contributed by atoms with E-state index < -0.39 is 11.6 Å². The fraction of sp³-hybridized carbons (Fsp3) is 0.452. The molecule has 3 aliphatic rings. The summed E-state index contributed by atoms with van der Waals surface area (Å²) in [5, 5.41) is 13.6. The number of amides is 2. The predicted octanol–water partition coefficient (Wildman–Crippen LogP) is 7.52. The minimum Gasteiger partial charge on any atom is -0.465 e. The molecule has 2 heterocycles. The lowest BCUT2D eigenvalue weighted by molar-refractivity contribution is -0.133. The molecule has 2 N–H and O–H groups in total. The van der Waals surface area contributed by atoms with E-state index in [9.17, 15) is 9.59 Å². The predicted molar refractivity (Wildman–Crippen MR) is 166 cm³/mol. The number of aliphatic imine (C=N–C) groups is 1. The first-order valence-corrected chi connectivity index (χ1v) is 15.6. The van der Waals surface area contributed by atoms with Crippen molar-refractivity contribution in [1.29, 1.82) is 0 Å². The van der Waals surface area contributed by atoms with E-state index in [4.69, 9.17) is 33.3 Å². The third kappa shape index (κ3) is 5.58. The molecule has 1 saturated carbocycles. The van der Waals surface area contributed by atoms with Crippen LogP contribution in [0.25, 0.3) is 0 Å². The van der Waals surface area contributed by atoms with Gasteiger partial charge in [-0.2, -0.15) is 0 Å². The van der Waals surface area contributed by atoms with Crippen LogP contribution in [0.3, 0.4) is 0 Å². The van der Waals surface area contributed by atoms with Gasteiger partial charge in [0.15, 0.2) is 5.17 Å². The van der Waals surface area contributed by atoms with Crippen molar-refractivity contribution in [3.8, 4) is 0 Å². The van der Waals surface area contributed by atoms with Crippen LogP contribution in [0.1, 0.15) is 64.6 Å². The van der Waals surface area contributed by atoms with E-state index in [1.54, 1.807) is 0 Å². The Morgan fingerprint density at radius 2 is 1.66 bits per heavy atom. The van der Waals surface area contributed by atoms with E-state index >= 15 is 0 Å². The van der Waals surface area contributed by atoms with E-state index in [0.717, 1.165) is 39.7 Å². The maximum absolute atomic E-state index is 14.3. The first-order valence-electron chi connectivity index (χ1n) is 14.0. The first kappa shape index (κ1) is 29.8. The molecule has 5 rings (SSSR count). The fourth-order valence-electron chi connectivity index (χ4n) is 6.33. The Morgan fingerprint density at radius 1 is 1.07 bits per heavy atom. The Bertz CT molecular complexity index is 1390. The number of fused-ring (bicyclic) bond motifs is 1. The molecule has 41 heavy (non-hydrogen) atoms. The molecule has 1 fully saturated rings. The number of carbonyl (C=O) groups excluding carboxylic acids is 1. The summed E-state index contributed by atoms with van der Waals surface area (Å²) in [4.78, 5) is 35.5. The lowest BCUT2D eigenvalue weighted by atomic mass is 9.78. The highest BCUT2D eigenvalue weighted by molar-refractivity contribution is 8.18. The van der Waals surface area contributed by atoms with Crippen LogP contribution in [-0.2, 0) is 10.3 Å². The van der Waals surface area contributed by atoms with E-state index in [-0.39, 0.29) is 35.9 Å². The highest BCUT2D eigenvalue weighted by Gasteiger charge is 2.54. The van der Waals surface area contributed by atoms with Crippen LogP contribution in [0.5, 0.6) is 0 Å². The van der Waals surface area contributed by atoms with Gasteiger partial charge in [0.05, 0.1) is 6.04 Å². The zero-order valence-electron chi connectivity index (χ0n) is 23.9. The maximum atomic E-state index is 14.3. The van der Waals surface area contributed by atoms with E-state index in [1.807, 2.05) is 67.3 Å². The molecule has 0 aromatic heterocycles. The number of allylic oxidation sites excluding steroid dienone is 1. The zero-order valence-corrected chi connectivity index (χ0v) is 26.2. The van der Waals surface area contributed by atoms with E-state index in [1.165, 1.54) is 11.8 Å². The molecule has 0 spiro atoms. The second-order valence-corrected chi connectivity index (χ2v) is 13.7. The molecule has 2 aliphatic heterocycles. The summed E-state index contributed by atoms with van der Waals surface area (Å²) in [6.45, 7) is 10.9. The monoisotopic (exact) mass is 614 g/mol. The molecule has 2 aromatic carbocycles. The number of hydrogen-bond acceptors (Lipinski definition) is 5. The molecule has 7 nitrogen and oxygen atoms in total. The summed E-state index contributed by atoms with van der Waals surface area (Å²) < 4.78 is 0. The van der Waals surface area contributed by atoms with Gasteiger partial charge in [0.2, 0.25) is 0 Å². The molecule has 10 heteroatoms. The molecule has 2 amide bonds. The number of amidine groups is 1. The molecule has 0 radical (unpaired) electrons. The molecule has 2 atom stereocenters. The van der Waals surface area contributed by atoms with Crippen LogP contribution < -0.4 is 5.32 Å². The SMILES string of the molecule is CC(C)C1=C(C(=O)N(C(C)C)[C@H]2C[C@H](CNC(=O)O)C2)SC2=N[C@@](C)(c3ccc(Cl)cc3)[C@@H](c3ccc(Cl)cc3)N21. The highest BCUT2D eigenvalue weighted by atomic mass is 35.5. The molecule has 0 bridgehead atoms. The van der Waals surface area contributed by atoms with Gasteiger partial charge < -0.3 is 20.2 Å². The van der Waals surface area contributed by atoms with Gasteiger partial charge in [-0.05, 0) is 92.6 Å². The number of carboxylic acid groups (broad SMARTS) is 1. The van der Waals surface area contributed by atoms with Crippen LogP contribution >= 0.6 is 35.0 Å². The zero-order chi connectivity index (χ0) is 29.6. The Hall–Kier alpha value is -2.68. The Labute approximate surface area is 256 Å². The van der Waals surface area contributed by atoms with Crippen LogP contribution in [0.2, 0.25) is 10.0 Å². The Balaban J connectivity index is 1.52. The second kappa shape index (κ2) is 11.5. The van der Waals surface area contributed by atoms with Crippen molar-refractivity contribution in [3.05, 3.63) is 80.3 Å². The smallest absolute Gasteiger partial charge is 0.404 e.